The molecule has 1 rings (SSSR count). The largest absolute Gasteiger partial charge is 0.382 e. The molecular formula is C17H28FNO. The summed E-state index contributed by atoms with van der Waals surface area (Å²) < 4.78 is 19.6. The van der Waals surface area contributed by atoms with E-state index in [0.29, 0.717) is 0 Å². The van der Waals surface area contributed by atoms with E-state index in [2.05, 4.69) is 25.2 Å². The van der Waals surface area contributed by atoms with Crippen molar-refractivity contribution in [2.75, 3.05) is 13.7 Å². The molecule has 0 amide bonds. The first-order valence-corrected chi connectivity index (χ1v) is 7.52. The molecule has 0 spiro atoms. The molecule has 2 atom stereocenters. The number of rotatable bonds is 8. The Morgan fingerprint density at radius 2 is 1.95 bits per heavy atom. The summed E-state index contributed by atoms with van der Waals surface area (Å²) >= 11 is 0. The molecule has 0 aliphatic heterocycles. The molecule has 0 bridgehead atoms. The molecule has 0 heterocycles. The van der Waals surface area contributed by atoms with Gasteiger partial charge in [-0.15, -0.1) is 0 Å². The first kappa shape index (κ1) is 17.1. The highest BCUT2D eigenvalue weighted by Gasteiger charge is 2.18. The molecule has 0 saturated carbocycles. The Hall–Kier alpha value is -0.930. The third-order valence-corrected chi connectivity index (χ3v) is 3.73. The maximum atomic E-state index is 14.3. The van der Waals surface area contributed by atoms with E-state index in [0.717, 1.165) is 42.5 Å². The summed E-state index contributed by atoms with van der Waals surface area (Å²) in [4.78, 5) is 0. The van der Waals surface area contributed by atoms with E-state index in [1.165, 1.54) is 0 Å². The Morgan fingerprint density at radius 3 is 2.50 bits per heavy atom. The minimum Gasteiger partial charge on any atom is -0.382 e. The van der Waals surface area contributed by atoms with Crippen molar-refractivity contribution in [2.45, 2.75) is 59.1 Å². The van der Waals surface area contributed by atoms with Gasteiger partial charge in [0.2, 0.25) is 0 Å². The van der Waals surface area contributed by atoms with Crippen LogP contribution in [0.5, 0.6) is 0 Å². The van der Waals surface area contributed by atoms with Crippen LogP contribution in [-0.4, -0.2) is 19.8 Å². The van der Waals surface area contributed by atoms with E-state index in [9.17, 15) is 4.39 Å². The van der Waals surface area contributed by atoms with Crippen molar-refractivity contribution in [3.8, 4) is 0 Å². The average molecular weight is 281 g/mol. The number of nitrogens with one attached hydrogen (secondary N) is 1. The number of benzene rings is 1. The van der Waals surface area contributed by atoms with Crippen molar-refractivity contribution in [3.05, 3.63) is 34.6 Å². The third-order valence-electron chi connectivity index (χ3n) is 3.73. The van der Waals surface area contributed by atoms with Crippen LogP contribution in [0.2, 0.25) is 0 Å². The molecule has 0 aliphatic carbocycles. The first-order chi connectivity index (χ1) is 9.49. The van der Waals surface area contributed by atoms with Crippen molar-refractivity contribution >= 4 is 0 Å². The van der Waals surface area contributed by atoms with Crippen LogP contribution in [0.25, 0.3) is 0 Å². The SMILES string of the molecule is CCCNC(CCC(C)OC)c1c(C)cc(C)cc1F. The molecule has 0 radical (unpaired) electrons. The standard InChI is InChI=1S/C17H28FNO/c1-6-9-19-16(8-7-14(4)20-5)17-13(3)10-12(2)11-15(17)18/h10-11,14,16,19H,6-9H2,1-5H3. The number of methoxy groups -OCH3 is 1. The number of aryl methyl sites for hydroxylation is 2. The summed E-state index contributed by atoms with van der Waals surface area (Å²) in [7, 11) is 1.72. The van der Waals surface area contributed by atoms with Gasteiger partial charge in [-0.3, -0.25) is 0 Å². The predicted molar refractivity (Wildman–Crippen MR) is 82.6 cm³/mol. The Kier molecular flexibility index (Phi) is 7.17. The molecule has 0 saturated heterocycles. The van der Waals surface area contributed by atoms with Gasteiger partial charge in [-0.2, -0.15) is 0 Å². The molecule has 1 aromatic carbocycles. The van der Waals surface area contributed by atoms with Gasteiger partial charge in [-0.1, -0.05) is 13.0 Å². The number of ether oxygens (including phenoxy) is 1. The van der Waals surface area contributed by atoms with Crippen LogP contribution in [-0.2, 0) is 4.74 Å². The number of hydrogen-bond acceptors (Lipinski definition) is 2. The fourth-order valence-corrected chi connectivity index (χ4v) is 2.55. The van der Waals surface area contributed by atoms with Crippen molar-refractivity contribution in [1.29, 1.82) is 0 Å². The average Bonchev–Trinajstić information content (AvgIpc) is 2.39. The van der Waals surface area contributed by atoms with Crippen LogP contribution in [0.3, 0.4) is 0 Å². The van der Waals surface area contributed by atoms with Gasteiger partial charge in [-0.05, 0) is 63.8 Å². The fourth-order valence-electron chi connectivity index (χ4n) is 2.55. The zero-order chi connectivity index (χ0) is 15.1. The van der Waals surface area contributed by atoms with E-state index in [4.69, 9.17) is 4.74 Å². The van der Waals surface area contributed by atoms with Gasteiger partial charge < -0.3 is 10.1 Å². The molecule has 20 heavy (non-hydrogen) atoms. The van der Waals surface area contributed by atoms with Crippen LogP contribution in [0, 0.1) is 19.7 Å². The lowest BCUT2D eigenvalue weighted by molar-refractivity contribution is 0.106. The van der Waals surface area contributed by atoms with Crippen molar-refractivity contribution < 1.29 is 9.13 Å². The molecule has 3 heteroatoms. The molecular weight excluding hydrogens is 253 g/mol. The van der Waals surface area contributed by atoms with Gasteiger partial charge in [0.25, 0.3) is 0 Å². The van der Waals surface area contributed by atoms with Gasteiger partial charge in [0, 0.05) is 18.7 Å². The highest BCUT2D eigenvalue weighted by Crippen LogP contribution is 2.27. The second-order valence-electron chi connectivity index (χ2n) is 5.61. The summed E-state index contributed by atoms with van der Waals surface area (Å²) in [5.41, 5.74) is 2.82. The van der Waals surface area contributed by atoms with E-state index >= 15 is 0 Å². The van der Waals surface area contributed by atoms with Gasteiger partial charge in [-0.25, -0.2) is 4.39 Å². The smallest absolute Gasteiger partial charge is 0.128 e. The molecule has 2 unspecified atom stereocenters. The predicted octanol–water partition coefficient (Wildman–Crippen LogP) is 4.30. The van der Waals surface area contributed by atoms with Crippen LogP contribution < -0.4 is 5.32 Å². The lowest BCUT2D eigenvalue weighted by atomic mass is 9.94. The summed E-state index contributed by atoms with van der Waals surface area (Å²) in [5, 5.41) is 3.47. The molecule has 114 valence electrons. The fraction of sp³-hybridized carbons (Fsp3) is 0.647. The van der Waals surface area contributed by atoms with Crippen LogP contribution in [0.1, 0.15) is 55.8 Å². The first-order valence-electron chi connectivity index (χ1n) is 7.52. The van der Waals surface area contributed by atoms with Crippen LogP contribution >= 0.6 is 0 Å². The van der Waals surface area contributed by atoms with Crippen molar-refractivity contribution in [2.24, 2.45) is 0 Å². The normalized spacial score (nSPS) is 14.3. The summed E-state index contributed by atoms with van der Waals surface area (Å²) in [6, 6.07) is 3.75. The van der Waals surface area contributed by atoms with Crippen LogP contribution in [0.15, 0.2) is 12.1 Å². The molecule has 0 aliphatic rings. The Balaban J connectivity index is 2.92. The minimum absolute atomic E-state index is 0.0631. The van der Waals surface area contributed by atoms with Gasteiger partial charge in [0.15, 0.2) is 0 Å². The molecule has 0 fully saturated rings. The maximum absolute atomic E-state index is 14.3. The number of halogens is 1. The molecule has 1 aromatic rings. The maximum Gasteiger partial charge on any atom is 0.128 e. The highest BCUT2D eigenvalue weighted by molar-refractivity contribution is 5.34. The molecule has 0 aromatic heterocycles. The topological polar surface area (TPSA) is 21.3 Å². The van der Waals surface area contributed by atoms with Gasteiger partial charge >= 0.3 is 0 Å². The second-order valence-corrected chi connectivity index (χ2v) is 5.61. The minimum atomic E-state index is -0.0961. The Morgan fingerprint density at radius 1 is 1.25 bits per heavy atom. The van der Waals surface area contributed by atoms with E-state index < -0.39 is 0 Å². The van der Waals surface area contributed by atoms with Crippen LogP contribution in [0.4, 0.5) is 4.39 Å². The summed E-state index contributed by atoms with van der Waals surface area (Å²) in [6.07, 6.45) is 3.05. The zero-order valence-electron chi connectivity index (χ0n) is 13.4. The van der Waals surface area contributed by atoms with Gasteiger partial charge in [0.05, 0.1) is 6.10 Å². The monoisotopic (exact) mass is 281 g/mol. The van der Waals surface area contributed by atoms with E-state index in [-0.39, 0.29) is 18.0 Å². The second kappa shape index (κ2) is 8.38. The summed E-state index contributed by atoms with van der Waals surface area (Å²) in [5.74, 6) is -0.0961. The quantitative estimate of drug-likeness (QED) is 0.767. The molecule has 2 nitrogen and oxygen atoms in total. The van der Waals surface area contributed by atoms with E-state index in [1.54, 1.807) is 13.2 Å². The van der Waals surface area contributed by atoms with E-state index in [1.807, 2.05) is 13.8 Å². The lowest BCUT2D eigenvalue weighted by Crippen LogP contribution is -2.25. The number of hydrogen-bond donors (Lipinski definition) is 1. The lowest BCUT2D eigenvalue weighted by Gasteiger charge is -2.23. The highest BCUT2D eigenvalue weighted by atomic mass is 19.1. The Bertz CT molecular complexity index is 396. The van der Waals surface area contributed by atoms with Crippen molar-refractivity contribution in [1.82, 2.24) is 5.32 Å². The summed E-state index contributed by atoms with van der Waals surface area (Å²) in [6.45, 7) is 9.00. The zero-order valence-corrected chi connectivity index (χ0v) is 13.4. The Labute approximate surface area is 122 Å². The third kappa shape index (κ3) is 4.88. The van der Waals surface area contributed by atoms with Crippen molar-refractivity contribution in [3.63, 3.8) is 0 Å². The molecule has 1 N–H and O–H groups in total. The van der Waals surface area contributed by atoms with Gasteiger partial charge in [0.1, 0.15) is 5.82 Å².